The number of hydrogen-bond acceptors (Lipinski definition) is 2. The summed E-state index contributed by atoms with van der Waals surface area (Å²) in [5.41, 5.74) is 1.58. The van der Waals surface area contributed by atoms with Crippen LogP contribution in [0.5, 0.6) is 0 Å². The average molecular weight is 333 g/mol. The summed E-state index contributed by atoms with van der Waals surface area (Å²) in [5, 5.41) is 4.57. The van der Waals surface area contributed by atoms with Crippen LogP contribution in [0.4, 0.5) is 0 Å². The highest BCUT2D eigenvalue weighted by atomic mass is 79.9. The van der Waals surface area contributed by atoms with Gasteiger partial charge in [0.05, 0.1) is 18.2 Å². The van der Waals surface area contributed by atoms with E-state index in [-0.39, 0.29) is 5.78 Å². The van der Waals surface area contributed by atoms with Gasteiger partial charge in [-0.3, -0.25) is 9.48 Å². The van der Waals surface area contributed by atoms with Crippen LogP contribution in [0.1, 0.15) is 47.8 Å². The smallest absolute Gasteiger partial charge is 0.170 e. The highest BCUT2D eigenvalue weighted by Gasteiger charge is 2.18. The van der Waals surface area contributed by atoms with Crippen LogP contribution >= 0.6 is 15.9 Å². The zero-order valence-electron chi connectivity index (χ0n) is 11.3. The van der Waals surface area contributed by atoms with Crippen LogP contribution in [0, 0.1) is 0 Å². The molecule has 1 aromatic carbocycles. The molecule has 1 aliphatic carbocycles. The van der Waals surface area contributed by atoms with E-state index >= 15 is 0 Å². The standard InChI is InChI=1S/C16H17BrN2O/c17-15-8-4-3-7-14(15)16(20)11-12-9-10-19(18-12)13-5-1-2-6-13/h3-4,7-10,13H,1-2,5-6,11H2. The normalized spacial score (nSPS) is 15.7. The zero-order valence-corrected chi connectivity index (χ0v) is 12.8. The lowest BCUT2D eigenvalue weighted by Gasteiger charge is -2.08. The first-order chi connectivity index (χ1) is 9.74. The molecular formula is C16H17BrN2O. The molecule has 3 rings (SSSR count). The molecule has 3 nitrogen and oxygen atoms in total. The number of benzene rings is 1. The SMILES string of the molecule is O=C(Cc1ccn(C2CCCC2)n1)c1ccccc1Br. The molecule has 0 unspecified atom stereocenters. The Labute approximate surface area is 127 Å². The van der Waals surface area contributed by atoms with Crippen molar-refractivity contribution < 1.29 is 4.79 Å². The van der Waals surface area contributed by atoms with Gasteiger partial charge in [-0.2, -0.15) is 5.10 Å². The minimum absolute atomic E-state index is 0.106. The van der Waals surface area contributed by atoms with E-state index in [9.17, 15) is 4.79 Å². The second-order valence-electron chi connectivity index (χ2n) is 5.31. The Balaban J connectivity index is 1.72. The second-order valence-corrected chi connectivity index (χ2v) is 6.16. The average Bonchev–Trinajstić information content (AvgIpc) is 3.09. The predicted molar refractivity (Wildman–Crippen MR) is 81.9 cm³/mol. The molecule has 0 N–H and O–H groups in total. The van der Waals surface area contributed by atoms with Gasteiger partial charge in [0, 0.05) is 16.2 Å². The summed E-state index contributed by atoms with van der Waals surface area (Å²) in [6, 6.07) is 10.0. The number of hydrogen-bond donors (Lipinski definition) is 0. The van der Waals surface area contributed by atoms with Gasteiger partial charge in [-0.1, -0.05) is 47.0 Å². The lowest BCUT2D eigenvalue weighted by atomic mass is 10.1. The monoisotopic (exact) mass is 332 g/mol. The molecular weight excluding hydrogens is 316 g/mol. The topological polar surface area (TPSA) is 34.9 Å². The Morgan fingerprint density at radius 1 is 1.25 bits per heavy atom. The van der Waals surface area contributed by atoms with Gasteiger partial charge in [0.2, 0.25) is 0 Å². The molecule has 0 amide bonds. The largest absolute Gasteiger partial charge is 0.294 e. The van der Waals surface area contributed by atoms with E-state index in [4.69, 9.17) is 0 Å². The summed E-state index contributed by atoms with van der Waals surface area (Å²) < 4.78 is 2.88. The summed E-state index contributed by atoms with van der Waals surface area (Å²) >= 11 is 3.42. The van der Waals surface area contributed by atoms with Crippen molar-refractivity contribution in [1.29, 1.82) is 0 Å². The van der Waals surface area contributed by atoms with E-state index in [1.165, 1.54) is 25.7 Å². The third-order valence-electron chi connectivity index (χ3n) is 3.88. The molecule has 1 aromatic heterocycles. The van der Waals surface area contributed by atoms with E-state index in [0.717, 1.165) is 15.7 Å². The number of carbonyl (C=O) groups is 1. The predicted octanol–water partition coefficient (Wildman–Crippen LogP) is 4.19. The zero-order chi connectivity index (χ0) is 13.9. The van der Waals surface area contributed by atoms with Crippen LogP contribution in [-0.2, 0) is 6.42 Å². The third-order valence-corrected chi connectivity index (χ3v) is 4.57. The number of nitrogens with zero attached hydrogens (tertiary/aromatic N) is 2. The fraction of sp³-hybridized carbons (Fsp3) is 0.375. The van der Waals surface area contributed by atoms with Crippen LogP contribution in [0.2, 0.25) is 0 Å². The number of carbonyl (C=O) groups excluding carboxylic acids is 1. The number of ketones is 1. The lowest BCUT2D eigenvalue weighted by Crippen LogP contribution is -2.08. The van der Waals surface area contributed by atoms with Crippen molar-refractivity contribution in [2.75, 3.05) is 0 Å². The Bertz CT molecular complexity index is 614. The maximum atomic E-state index is 12.3. The van der Waals surface area contributed by atoms with Crippen molar-refractivity contribution in [1.82, 2.24) is 9.78 Å². The summed E-state index contributed by atoms with van der Waals surface area (Å²) in [6.45, 7) is 0. The third kappa shape index (κ3) is 2.85. The minimum Gasteiger partial charge on any atom is -0.294 e. The molecule has 0 bridgehead atoms. The fourth-order valence-corrected chi connectivity index (χ4v) is 3.30. The summed E-state index contributed by atoms with van der Waals surface area (Å²) in [5.74, 6) is 0.106. The van der Waals surface area contributed by atoms with Crippen molar-refractivity contribution in [3.05, 3.63) is 52.3 Å². The van der Waals surface area contributed by atoms with Gasteiger partial charge in [-0.15, -0.1) is 0 Å². The second kappa shape index (κ2) is 5.92. The molecule has 2 aromatic rings. The van der Waals surface area contributed by atoms with E-state index in [0.29, 0.717) is 12.5 Å². The molecule has 0 spiro atoms. The first-order valence-electron chi connectivity index (χ1n) is 7.06. The van der Waals surface area contributed by atoms with Crippen molar-refractivity contribution in [2.24, 2.45) is 0 Å². The van der Waals surface area contributed by atoms with Crippen molar-refractivity contribution in [3.8, 4) is 0 Å². The maximum Gasteiger partial charge on any atom is 0.170 e. The first kappa shape index (κ1) is 13.6. The van der Waals surface area contributed by atoms with Gasteiger partial charge in [-0.25, -0.2) is 0 Å². The number of rotatable bonds is 4. The van der Waals surface area contributed by atoms with E-state index in [1.807, 2.05) is 41.2 Å². The highest BCUT2D eigenvalue weighted by molar-refractivity contribution is 9.10. The van der Waals surface area contributed by atoms with E-state index < -0.39 is 0 Å². The van der Waals surface area contributed by atoms with Crippen molar-refractivity contribution in [3.63, 3.8) is 0 Å². The molecule has 0 atom stereocenters. The number of Topliss-reactive ketones (excluding diaryl/α,β-unsaturated/α-hetero) is 1. The van der Waals surface area contributed by atoms with Gasteiger partial charge in [-0.05, 0) is 25.0 Å². The lowest BCUT2D eigenvalue weighted by molar-refractivity contribution is 0.0991. The Kier molecular flexibility index (Phi) is 4.01. The molecule has 4 heteroatoms. The maximum absolute atomic E-state index is 12.3. The molecule has 1 aliphatic rings. The van der Waals surface area contributed by atoms with Crippen LogP contribution in [-0.4, -0.2) is 15.6 Å². The number of halogens is 1. The number of aromatic nitrogens is 2. The van der Waals surface area contributed by atoms with E-state index in [1.54, 1.807) is 0 Å². The first-order valence-corrected chi connectivity index (χ1v) is 7.85. The van der Waals surface area contributed by atoms with Crippen molar-refractivity contribution >= 4 is 21.7 Å². The summed E-state index contributed by atoms with van der Waals surface area (Å²) in [7, 11) is 0. The fourth-order valence-electron chi connectivity index (χ4n) is 2.79. The summed E-state index contributed by atoms with van der Waals surface area (Å²) in [4.78, 5) is 12.3. The molecule has 1 heterocycles. The molecule has 20 heavy (non-hydrogen) atoms. The van der Waals surface area contributed by atoms with Crippen LogP contribution < -0.4 is 0 Å². The molecule has 1 fully saturated rings. The molecule has 0 aliphatic heterocycles. The van der Waals surface area contributed by atoms with Gasteiger partial charge in [0.15, 0.2) is 5.78 Å². The Morgan fingerprint density at radius 2 is 2.00 bits per heavy atom. The van der Waals surface area contributed by atoms with Gasteiger partial charge < -0.3 is 0 Å². The molecule has 104 valence electrons. The summed E-state index contributed by atoms with van der Waals surface area (Å²) in [6.07, 6.45) is 7.37. The Hall–Kier alpha value is -1.42. The quantitative estimate of drug-likeness (QED) is 0.787. The van der Waals surface area contributed by atoms with Crippen molar-refractivity contribution in [2.45, 2.75) is 38.1 Å². The molecule has 0 radical (unpaired) electrons. The van der Waals surface area contributed by atoms with Gasteiger partial charge >= 0.3 is 0 Å². The van der Waals surface area contributed by atoms with Gasteiger partial charge in [0.25, 0.3) is 0 Å². The van der Waals surface area contributed by atoms with Crippen LogP contribution in [0.25, 0.3) is 0 Å². The highest BCUT2D eigenvalue weighted by Crippen LogP contribution is 2.28. The van der Waals surface area contributed by atoms with Crippen LogP contribution in [0.3, 0.4) is 0 Å². The Morgan fingerprint density at radius 3 is 2.75 bits per heavy atom. The van der Waals surface area contributed by atoms with Gasteiger partial charge in [0.1, 0.15) is 0 Å². The van der Waals surface area contributed by atoms with Crippen LogP contribution in [0.15, 0.2) is 41.0 Å². The minimum atomic E-state index is 0.106. The van der Waals surface area contributed by atoms with E-state index in [2.05, 4.69) is 21.0 Å². The molecule has 0 saturated heterocycles. The molecule has 1 saturated carbocycles.